The Bertz CT molecular complexity index is 928. The first kappa shape index (κ1) is 16.9. The van der Waals surface area contributed by atoms with Crippen molar-refractivity contribution in [2.75, 3.05) is 4.90 Å². The summed E-state index contributed by atoms with van der Waals surface area (Å²) in [5.74, 6) is -0.270. The van der Waals surface area contributed by atoms with Crippen molar-refractivity contribution < 1.29 is 9.18 Å². The van der Waals surface area contributed by atoms with E-state index >= 15 is 0 Å². The fourth-order valence-electron chi connectivity index (χ4n) is 3.20. The molecule has 0 spiro atoms. The molecule has 0 N–H and O–H groups in total. The van der Waals surface area contributed by atoms with E-state index in [-0.39, 0.29) is 23.5 Å². The molecule has 3 aromatic rings. The van der Waals surface area contributed by atoms with E-state index in [1.165, 1.54) is 6.07 Å². The highest BCUT2D eigenvalue weighted by Gasteiger charge is 2.29. The molecular formula is C22H18FNOS. The molecule has 2 nitrogen and oxygen atoms in total. The first-order chi connectivity index (χ1) is 12.7. The van der Waals surface area contributed by atoms with Crippen LogP contribution < -0.4 is 4.90 Å². The normalized spacial score (nSPS) is 16.9. The Morgan fingerprint density at radius 1 is 0.923 bits per heavy atom. The minimum absolute atomic E-state index is 0.0135. The molecular weight excluding hydrogens is 345 g/mol. The van der Waals surface area contributed by atoms with E-state index in [9.17, 15) is 9.18 Å². The minimum atomic E-state index is -0.283. The van der Waals surface area contributed by atoms with Crippen molar-refractivity contribution in [1.82, 2.24) is 0 Å². The van der Waals surface area contributed by atoms with Crippen LogP contribution in [0.5, 0.6) is 0 Å². The number of hydrogen-bond acceptors (Lipinski definition) is 2. The number of amides is 1. The van der Waals surface area contributed by atoms with Crippen molar-refractivity contribution in [2.24, 2.45) is 0 Å². The zero-order chi connectivity index (χ0) is 17.9. The van der Waals surface area contributed by atoms with Crippen LogP contribution >= 0.6 is 11.8 Å². The molecule has 0 saturated heterocycles. The SMILES string of the molecule is O=C1C[C@@H](c2ccccc2)Sc2ccccc2N1Cc1ccccc1F. The summed E-state index contributed by atoms with van der Waals surface area (Å²) in [6, 6.07) is 24.6. The maximum atomic E-state index is 14.1. The molecule has 0 saturated carbocycles. The standard InChI is InChI=1S/C22H18FNOS/c23-18-11-5-4-10-17(18)15-24-19-12-6-7-13-20(19)26-21(14-22(24)25)16-8-2-1-3-9-16/h1-13,21H,14-15H2/t21-/m0/s1. The summed E-state index contributed by atoms with van der Waals surface area (Å²) in [5.41, 5.74) is 2.51. The minimum Gasteiger partial charge on any atom is -0.307 e. The van der Waals surface area contributed by atoms with Crippen molar-refractivity contribution in [3.63, 3.8) is 0 Å². The second-order valence-corrected chi connectivity index (χ2v) is 7.50. The predicted molar refractivity (Wildman–Crippen MR) is 104 cm³/mol. The number of fused-ring (bicyclic) bond motifs is 1. The molecule has 0 unspecified atom stereocenters. The summed E-state index contributed by atoms with van der Waals surface area (Å²) in [5, 5.41) is 0.0514. The molecule has 4 heteroatoms. The quantitative estimate of drug-likeness (QED) is 0.604. The lowest BCUT2D eigenvalue weighted by atomic mass is 10.1. The molecule has 0 bridgehead atoms. The highest BCUT2D eigenvalue weighted by molar-refractivity contribution is 7.99. The number of hydrogen-bond donors (Lipinski definition) is 0. The Balaban J connectivity index is 1.72. The molecule has 0 fully saturated rings. The summed E-state index contributed by atoms with van der Waals surface area (Å²) in [7, 11) is 0. The number of benzene rings is 3. The van der Waals surface area contributed by atoms with E-state index in [1.807, 2.05) is 42.5 Å². The molecule has 1 atom stereocenters. The zero-order valence-electron chi connectivity index (χ0n) is 14.1. The third-order valence-electron chi connectivity index (χ3n) is 4.54. The van der Waals surface area contributed by atoms with Gasteiger partial charge in [0.1, 0.15) is 5.82 Å². The van der Waals surface area contributed by atoms with E-state index < -0.39 is 0 Å². The van der Waals surface area contributed by atoms with Gasteiger partial charge in [0, 0.05) is 22.1 Å². The van der Waals surface area contributed by atoms with Crippen LogP contribution in [0.15, 0.2) is 83.8 Å². The van der Waals surface area contributed by atoms with E-state index in [1.54, 1.807) is 34.9 Å². The van der Waals surface area contributed by atoms with Crippen molar-refractivity contribution in [1.29, 1.82) is 0 Å². The van der Waals surface area contributed by atoms with Crippen LogP contribution in [-0.2, 0) is 11.3 Å². The van der Waals surface area contributed by atoms with Crippen molar-refractivity contribution in [3.8, 4) is 0 Å². The molecule has 1 amide bonds. The van der Waals surface area contributed by atoms with Gasteiger partial charge in [0.25, 0.3) is 0 Å². The lowest BCUT2D eigenvalue weighted by molar-refractivity contribution is -0.118. The van der Waals surface area contributed by atoms with E-state index in [2.05, 4.69) is 12.1 Å². The van der Waals surface area contributed by atoms with Gasteiger partial charge in [0.15, 0.2) is 0 Å². The topological polar surface area (TPSA) is 20.3 Å². The lowest BCUT2D eigenvalue weighted by Crippen LogP contribution is -2.30. The van der Waals surface area contributed by atoms with Gasteiger partial charge in [-0.3, -0.25) is 4.79 Å². The third-order valence-corrected chi connectivity index (χ3v) is 5.87. The molecule has 0 aromatic heterocycles. The predicted octanol–water partition coefficient (Wildman–Crippen LogP) is 5.60. The Morgan fingerprint density at radius 2 is 1.62 bits per heavy atom. The van der Waals surface area contributed by atoms with Crippen LogP contribution in [0.2, 0.25) is 0 Å². The van der Waals surface area contributed by atoms with Gasteiger partial charge in [-0.25, -0.2) is 4.39 Å². The van der Waals surface area contributed by atoms with Gasteiger partial charge < -0.3 is 4.90 Å². The average Bonchev–Trinajstić information content (AvgIpc) is 2.81. The van der Waals surface area contributed by atoms with Crippen molar-refractivity contribution >= 4 is 23.4 Å². The van der Waals surface area contributed by atoms with Gasteiger partial charge in [0.05, 0.1) is 12.2 Å². The largest absolute Gasteiger partial charge is 0.307 e. The van der Waals surface area contributed by atoms with Crippen LogP contribution in [0.3, 0.4) is 0 Å². The first-order valence-corrected chi connectivity index (χ1v) is 9.45. The van der Waals surface area contributed by atoms with Crippen LogP contribution in [0.1, 0.15) is 22.8 Å². The first-order valence-electron chi connectivity index (χ1n) is 8.57. The molecule has 1 heterocycles. The third kappa shape index (κ3) is 3.37. The van der Waals surface area contributed by atoms with E-state index in [4.69, 9.17) is 0 Å². The molecule has 3 aromatic carbocycles. The molecule has 0 aliphatic carbocycles. The fourth-order valence-corrected chi connectivity index (χ4v) is 4.48. The van der Waals surface area contributed by atoms with Gasteiger partial charge in [-0.15, -0.1) is 11.8 Å². The smallest absolute Gasteiger partial charge is 0.228 e. The molecule has 26 heavy (non-hydrogen) atoms. The van der Waals surface area contributed by atoms with Gasteiger partial charge >= 0.3 is 0 Å². The summed E-state index contributed by atoms with van der Waals surface area (Å²) in [6.07, 6.45) is 0.387. The number of para-hydroxylation sites is 1. The Hall–Kier alpha value is -2.59. The highest BCUT2D eigenvalue weighted by Crippen LogP contribution is 2.45. The van der Waals surface area contributed by atoms with E-state index in [0.717, 1.165) is 16.1 Å². The number of thioether (sulfide) groups is 1. The van der Waals surface area contributed by atoms with Crippen LogP contribution in [0.25, 0.3) is 0 Å². The van der Waals surface area contributed by atoms with Gasteiger partial charge in [0.2, 0.25) is 5.91 Å². The summed E-state index contributed by atoms with van der Waals surface area (Å²) < 4.78 is 14.1. The monoisotopic (exact) mass is 363 g/mol. The number of halogens is 1. The lowest BCUT2D eigenvalue weighted by Gasteiger charge is -2.23. The van der Waals surface area contributed by atoms with Crippen molar-refractivity contribution in [3.05, 3.63) is 95.8 Å². The van der Waals surface area contributed by atoms with Crippen LogP contribution in [0, 0.1) is 5.82 Å². The van der Waals surface area contributed by atoms with Crippen LogP contribution in [0.4, 0.5) is 10.1 Å². The maximum Gasteiger partial charge on any atom is 0.228 e. The van der Waals surface area contributed by atoms with Gasteiger partial charge in [-0.2, -0.15) is 0 Å². The zero-order valence-corrected chi connectivity index (χ0v) is 15.0. The number of nitrogens with zero attached hydrogens (tertiary/aromatic N) is 1. The average molecular weight is 363 g/mol. The number of anilines is 1. The molecule has 4 rings (SSSR count). The fraction of sp³-hybridized carbons (Fsp3) is 0.136. The van der Waals surface area contributed by atoms with E-state index in [0.29, 0.717) is 12.0 Å². The van der Waals surface area contributed by atoms with Gasteiger partial charge in [-0.1, -0.05) is 60.7 Å². The maximum absolute atomic E-state index is 14.1. The van der Waals surface area contributed by atoms with Crippen LogP contribution in [-0.4, -0.2) is 5.91 Å². The Kier molecular flexibility index (Phi) is 4.76. The Morgan fingerprint density at radius 3 is 2.42 bits per heavy atom. The van der Waals surface area contributed by atoms with Gasteiger partial charge in [-0.05, 0) is 23.8 Å². The number of carbonyl (C=O) groups is 1. The summed E-state index contributed by atoms with van der Waals surface area (Å²) in [4.78, 5) is 15.8. The highest BCUT2D eigenvalue weighted by atomic mass is 32.2. The summed E-state index contributed by atoms with van der Waals surface area (Å²) in [6.45, 7) is 0.241. The number of carbonyl (C=O) groups excluding carboxylic acids is 1. The molecule has 130 valence electrons. The second-order valence-electron chi connectivity index (χ2n) is 6.26. The van der Waals surface area contributed by atoms with Crippen molar-refractivity contribution in [2.45, 2.75) is 23.1 Å². The molecule has 0 radical (unpaired) electrons. The molecule has 1 aliphatic heterocycles. The molecule has 1 aliphatic rings. The Labute approximate surface area is 156 Å². The second kappa shape index (κ2) is 7.34. The number of rotatable bonds is 3. The summed E-state index contributed by atoms with van der Waals surface area (Å²) >= 11 is 1.70.